The Morgan fingerprint density at radius 1 is 1.60 bits per heavy atom. The molecule has 3 heteroatoms. The third kappa shape index (κ3) is 2.80. The van der Waals surface area contributed by atoms with Crippen LogP contribution in [0.1, 0.15) is 37.1 Å². The van der Waals surface area contributed by atoms with Crippen molar-refractivity contribution in [2.45, 2.75) is 38.3 Å². The van der Waals surface area contributed by atoms with Gasteiger partial charge in [0, 0.05) is 10.9 Å². The molecular formula is C12H19NOS. The Hall–Kier alpha value is -0.380. The highest BCUT2D eigenvalue weighted by Crippen LogP contribution is 2.28. The van der Waals surface area contributed by atoms with E-state index in [1.165, 1.54) is 4.88 Å². The molecule has 1 aromatic heterocycles. The lowest BCUT2D eigenvalue weighted by molar-refractivity contribution is 0.0418. The second-order valence-corrected chi connectivity index (χ2v) is 5.36. The third-order valence-corrected chi connectivity index (χ3v) is 4.14. The third-order valence-electron chi connectivity index (χ3n) is 3.16. The Bertz CT molecular complexity index is 280. The molecule has 1 heterocycles. The van der Waals surface area contributed by atoms with Crippen LogP contribution >= 0.6 is 11.3 Å². The molecule has 0 bridgehead atoms. The Morgan fingerprint density at radius 3 is 2.93 bits per heavy atom. The molecule has 0 aromatic carbocycles. The average Bonchev–Trinajstić information content (AvgIpc) is 2.69. The van der Waals surface area contributed by atoms with Gasteiger partial charge in [-0.05, 0) is 43.2 Å². The normalized spacial score (nSPS) is 27.3. The Kier molecular flexibility index (Phi) is 3.78. The van der Waals surface area contributed by atoms with Gasteiger partial charge in [0.1, 0.15) is 0 Å². The van der Waals surface area contributed by atoms with Gasteiger partial charge in [-0.3, -0.25) is 0 Å². The van der Waals surface area contributed by atoms with E-state index in [9.17, 15) is 5.11 Å². The van der Waals surface area contributed by atoms with E-state index >= 15 is 0 Å². The van der Waals surface area contributed by atoms with Gasteiger partial charge in [-0.1, -0.05) is 13.0 Å². The SMILES string of the molecule is CCC(NCC1CC(O)C1)c1cccs1. The lowest BCUT2D eigenvalue weighted by Gasteiger charge is -2.32. The van der Waals surface area contributed by atoms with Gasteiger partial charge in [0.05, 0.1) is 6.10 Å². The number of thiophene rings is 1. The highest BCUT2D eigenvalue weighted by atomic mass is 32.1. The fourth-order valence-corrected chi connectivity index (χ4v) is 3.00. The van der Waals surface area contributed by atoms with Crippen LogP contribution in [0.3, 0.4) is 0 Å². The number of aliphatic hydroxyl groups is 1. The molecule has 1 fully saturated rings. The van der Waals surface area contributed by atoms with Gasteiger partial charge >= 0.3 is 0 Å². The summed E-state index contributed by atoms with van der Waals surface area (Å²) in [6, 6.07) is 4.81. The van der Waals surface area contributed by atoms with Crippen LogP contribution in [0.2, 0.25) is 0 Å². The standard InChI is InChI=1S/C12H19NOS/c1-2-11(12-4-3-5-15-12)13-8-9-6-10(14)7-9/h3-5,9-11,13-14H,2,6-8H2,1H3. The molecule has 0 saturated heterocycles. The Labute approximate surface area is 95.3 Å². The number of aliphatic hydroxyl groups excluding tert-OH is 1. The highest BCUT2D eigenvalue weighted by molar-refractivity contribution is 7.10. The lowest BCUT2D eigenvalue weighted by Crippen LogP contribution is -2.37. The van der Waals surface area contributed by atoms with Crippen molar-refractivity contribution < 1.29 is 5.11 Å². The van der Waals surface area contributed by atoms with E-state index in [0.717, 1.165) is 25.8 Å². The molecular weight excluding hydrogens is 206 g/mol. The first kappa shape index (κ1) is 11.1. The fraction of sp³-hybridized carbons (Fsp3) is 0.667. The zero-order valence-corrected chi connectivity index (χ0v) is 9.96. The average molecular weight is 225 g/mol. The second kappa shape index (κ2) is 5.10. The van der Waals surface area contributed by atoms with Gasteiger partial charge in [0.25, 0.3) is 0 Å². The molecule has 15 heavy (non-hydrogen) atoms. The first-order chi connectivity index (χ1) is 7.29. The number of hydrogen-bond donors (Lipinski definition) is 2. The molecule has 0 radical (unpaired) electrons. The van der Waals surface area contributed by atoms with Gasteiger partial charge in [-0.15, -0.1) is 11.3 Å². The van der Waals surface area contributed by atoms with Gasteiger partial charge < -0.3 is 10.4 Å². The van der Waals surface area contributed by atoms with Gasteiger partial charge in [0.2, 0.25) is 0 Å². The van der Waals surface area contributed by atoms with Crippen molar-refractivity contribution in [1.29, 1.82) is 0 Å². The lowest BCUT2D eigenvalue weighted by atomic mass is 9.82. The van der Waals surface area contributed by atoms with Crippen LogP contribution in [0.5, 0.6) is 0 Å². The second-order valence-electron chi connectivity index (χ2n) is 4.38. The van der Waals surface area contributed by atoms with Crippen LogP contribution in [-0.4, -0.2) is 17.8 Å². The molecule has 1 atom stereocenters. The molecule has 1 unspecified atom stereocenters. The van der Waals surface area contributed by atoms with E-state index in [0.29, 0.717) is 12.0 Å². The van der Waals surface area contributed by atoms with Crippen LogP contribution in [0.15, 0.2) is 17.5 Å². The largest absolute Gasteiger partial charge is 0.393 e. The minimum atomic E-state index is -0.0291. The molecule has 2 rings (SSSR count). The summed E-state index contributed by atoms with van der Waals surface area (Å²) in [5.41, 5.74) is 0. The summed E-state index contributed by atoms with van der Waals surface area (Å²) >= 11 is 1.82. The maximum atomic E-state index is 9.20. The van der Waals surface area contributed by atoms with Crippen molar-refractivity contribution >= 4 is 11.3 Å². The predicted octanol–water partition coefficient (Wildman–Crippen LogP) is 2.56. The summed E-state index contributed by atoms with van der Waals surface area (Å²) in [5.74, 6) is 0.689. The summed E-state index contributed by atoms with van der Waals surface area (Å²) < 4.78 is 0. The zero-order chi connectivity index (χ0) is 10.7. The summed E-state index contributed by atoms with van der Waals surface area (Å²) in [7, 11) is 0. The first-order valence-electron chi connectivity index (χ1n) is 5.74. The van der Waals surface area contributed by atoms with Crippen molar-refractivity contribution in [1.82, 2.24) is 5.32 Å². The van der Waals surface area contributed by atoms with E-state index < -0.39 is 0 Å². The summed E-state index contributed by atoms with van der Waals surface area (Å²) in [6.07, 6.45) is 3.07. The zero-order valence-electron chi connectivity index (χ0n) is 9.15. The van der Waals surface area contributed by atoms with Crippen molar-refractivity contribution in [3.63, 3.8) is 0 Å². The van der Waals surface area contributed by atoms with Crippen molar-refractivity contribution in [2.75, 3.05) is 6.54 Å². The number of nitrogens with one attached hydrogen (secondary N) is 1. The van der Waals surface area contributed by atoms with Crippen LogP contribution in [0.25, 0.3) is 0 Å². The molecule has 2 nitrogen and oxygen atoms in total. The molecule has 0 spiro atoms. The molecule has 0 aliphatic heterocycles. The van der Waals surface area contributed by atoms with E-state index in [1.54, 1.807) is 0 Å². The maximum Gasteiger partial charge on any atom is 0.0546 e. The summed E-state index contributed by atoms with van der Waals surface area (Å²) in [4.78, 5) is 1.43. The Morgan fingerprint density at radius 2 is 2.40 bits per heavy atom. The quantitative estimate of drug-likeness (QED) is 0.807. The van der Waals surface area contributed by atoms with E-state index in [1.807, 2.05) is 11.3 Å². The van der Waals surface area contributed by atoms with Crippen LogP contribution in [0.4, 0.5) is 0 Å². The molecule has 84 valence electrons. The van der Waals surface area contributed by atoms with Crippen molar-refractivity contribution in [3.05, 3.63) is 22.4 Å². The molecule has 0 amide bonds. The van der Waals surface area contributed by atoms with Crippen molar-refractivity contribution in [3.8, 4) is 0 Å². The molecule has 1 aliphatic carbocycles. The molecule has 2 N–H and O–H groups in total. The van der Waals surface area contributed by atoms with Gasteiger partial charge in [-0.2, -0.15) is 0 Å². The van der Waals surface area contributed by atoms with E-state index in [-0.39, 0.29) is 6.10 Å². The van der Waals surface area contributed by atoms with Crippen LogP contribution < -0.4 is 5.32 Å². The van der Waals surface area contributed by atoms with E-state index in [4.69, 9.17) is 0 Å². The highest BCUT2D eigenvalue weighted by Gasteiger charge is 2.27. The minimum Gasteiger partial charge on any atom is -0.393 e. The number of hydrogen-bond acceptors (Lipinski definition) is 3. The molecule has 1 aliphatic rings. The fourth-order valence-electron chi connectivity index (χ4n) is 2.11. The monoisotopic (exact) mass is 225 g/mol. The topological polar surface area (TPSA) is 32.3 Å². The Balaban J connectivity index is 1.77. The van der Waals surface area contributed by atoms with Gasteiger partial charge in [0.15, 0.2) is 0 Å². The predicted molar refractivity (Wildman–Crippen MR) is 64.1 cm³/mol. The summed E-state index contributed by atoms with van der Waals surface area (Å²) in [5, 5.41) is 14.9. The first-order valence-corrected chi connectivity index (χ1v) is 6.62. The van der Waals surface area contributed by atoms with Gasteiger partial charge in [-0.25, -0.2) is 0 Å². The molecule has 1 aromatic rings. The van der Waals surface area contributed by atoms with Crippen LogP contribution in [0, 0.1) is 5.92 Å². The number of rotatable bonds is 5. The minimum absolute atomic E-state index is 0.0291. The summed E-state index contributed by atoms with van der Waals surface area (Å²) in [6.45, 7) is 3.26. The molecule has 1 saturated carbocycles. The maximum absolute atomic E-state index is 9.20. The van der Waals surface area contributed by atoms with E-state index in [2.05, 4.69) is 29.8 Å². The smallest absolute Gasteiger partial charge is 0.0546 e. The van der Waals surface area contributed by atoms with Crippen LogP contribution in [-0.2, 0) is 0 Å². The van der Waals surface area contributed by atoms with Crippen molar-refractivity contribution in [2.24, 2.45) is 5.92 Å².